The number of alkyl halides is 1. The number of carbonyl (C=O) groups excluding carboxylic acids is 1. The molecular formula is C18H23FN2O3. The molecule has 1 saturated heterocycles. The first-order valence-corrected chi connectivity index (χ1v) is 8.40. The number of carbonyl (C=O) groups is 1. The summed E-state index contributed by atoms with van der Waals surface area (Å²) in [6, 6.07) is 0. The first-order chi connectivity index (χ1) is 11.6. The van der Waals surface area contributed by atoms with E-state index >= 15 is 0 Å². The van der Waals surface area contributed by atoms with Gasteiger partial charge in [-0.3, -0.25) is 4.79 Å². The summed E-state index contributed by atoms with van der Waals surface area (Å²) in [7, 11) is 0. The van der Waals surface area contributed by atoms with Gasteiger partial charge in [0.05, 0.1) is 30.7 Å². The molecule has 3 aliphatic rings. The lowest BCUT2D eigenvalue weighted by molar-refractivity contribution is -0.106. The van der Waals surface area contributed by atoms with Crippen molar-refractivity contribution >= 4 is 12.1 Å². The summed E-state index contributed by atoms with van der Waals surface area (Å²) < 4.78 is 19.4. The lowest BCUT2D eigenvalue weighted by Crippen LogP contribution is -2.40. The van der Waals surface area contributed by atoms with E-state index in [2.05, 4.69) is 11.9 Å². The third-order valence-electron chi connectivity index (χ3n) is 4.83. The smallest absolute Gasteiger partial charge is 0.152 e. The van der Waals surface area contributed by atoms with E-state index in [0.717, 1.165) is 5.84 Å². The third-order valence-corrected chi connectivity index (χ3v) is 4.83. The van der Waals surface area contributed by atoms with E-state index in [-0.39, 0.29) is 17.4 Å². The summed E-state index contributed by atoms with van der Waals surface area (Å²) in [5.74, 6) is 1.45. The molecule has 0 aromatic carbocycles. The van der Waals surface area contributed by atoms with Crippen LogP contribution in [0.2, 0.25) is 0 Å². The molecule has 2 heterocycles. The van der Waals surface area contributed by atoms with Crippen LogP contribution in [0.25, 0.3) is 0 Å². The fourth-order valence-electron chi connectivity index (χ4n) is 3.33. The molecule has 5 nitrogen and oxygen atoms in total. The summed E-state index contributed by atoms with van der Waals surface area (Å²) in [6.45, 7) is 3.44. The minimum atomic E-state index is -0.815. The normalized spacial score (nSPS) is 33.0. The van der Waals surface area contributed by atoms with Gasteiger partial charge in [-0.25, -0.2) is 9.38 Å². The number of aliphatic hydroxyl groups excluding tert-OH is 1. The lowest BCUT2D eigenvalue weighted by atomic mass is 9.91. The van der Waals surface area contributed by atoms with Gasteiger partial charge in [0, 0.05) is 12.7 Å². The summed E-state index contributed by atoms with van der Waals surface area (Å²) in [5, 5.41) is 9.88. The van der Waals surface area contributed by atoms with E-state index in [9.17, 15) is 14.3 Å². The number of aliphatic imine (C=N–C) groups is 1. The monoisotopic (exact) mass is 334 g/mol. The molecule has 0 radical (unpaired) electrons. The maximum atomic E-state index is 13.5. The van der Waals surface area contributed by atoms with Crippen LogP contribution < -0.4 is 0 Å². The molecule has 130 valence electrons. The van der Waals surface area contributed by atoms with Crippen LogP contribution in [-0.2, 0) is 9.53 Å². The number of allylic oxidation sites excluding steroid dienone is 2. The first-order valence-electron chi connectivity index (χ1n) is 8.40. The van der Waals surface area contributed by atoms with E-state index in [1.807, 2.05) is 11.0 Å². The molecule has 3 rings (SSSR count). The van der Waals surface area contributed by atoms with Crippen molar-refractivity contribution in [3.8, 4) is 0 Å². The number of nitrogens with zero attached hydrogens (tertiary/aromatic N) is 2. The molecule has 0 amide bonds. The number of likely N-dealkylation sites (tertiary alicyclic amines) is 1. The number of amidine groups is 1. The molecule has 2 aliphatic heterocycles. The summed E-state index contributed by atoms with van der Waals surface area (Å²) in [5.41, 5.74) is 0.278. The molecule has 1 fully saturated rings. The van der Waals surface area contributed by atoms with Crippen molar-refractivity contribution in [1.82, 2.24) is 4.90 Å². The number of rotatable bonds is 4. The van der Waals surface area contributed by atoms with Crippen LogP contribution in [-0.4, -0.2) is 54.1 Å². The highest BCUT2D eigenvalue weighted by Crippen LogP contribution is 2.27. The highest BCUT2D eigenvalue weighted by atomic mass is 19.1. The highest BCUT2D eigenvalue weighted by molar-refractivity contribution is 5.87. The number of ether oxygens (including phenoxy) is 1. The standard InChI is InChI=1S/C18H23FN2O3/c1-12-5-7-20-18(21-8-6-13(19)9-21)15(12)11-24-17-4-2-3-16(23)14(17)10-22/h2,4-5,7,10,12-13,15-16,23H,3,6,8-9,11H2,1H3/t12?,13-,15?,16?/m0/s1. The molecule has 1 N–H and O–H groups in total. The Hall–Kier alpha value is -1.95. The number of hydrogen-bond donors (Lipinski definition) is 1. The van der Waals surface area contributed by atoms with Crippen molar-refractivity contribution in [3.63, 3.8) is 0 Å². The predicted molar refractivity (Wildman–Crippen MR) is 89.1 cm³/mol. The molecule has 0 saturated carbocycles. The molecular weight excluding hydrogens is 311 g/mol. The Balaban J connectivity index is 1.72. The zero-order chi connectivity index (χ0) is 17.1. The largest absolute Gasteiger partial charge is 0.492 e. The Bertz CT molecular complexity index is 611. The van der Waals surface area contributed by atoms with Crippen molar-refractivity contribution < 1.29 is 19.0 Å². The van der Waals surface area contributed by atoms with Crippen molar-refractivity contribution in [1.29, 1.82) is 0 Å². The molecule has 3 unspecified atom stereocenters. The van der Waals surface area contributed by atoms with Gasteiger partial charge in [0.2, 0.25) is 0 Å². The maximum Gasteiger partial charge on any atom is 0.152 e. The number of aliphatic hydroxyl groups is 1. The Morgan fingerprint density at radius 1 is 1.54 bits per heavy atom. The van der Waals surface area contributed by atoms with Gasteiger partial charge < -0.3 is 14.7 Å². The minimum Gasteiger partial charge on any atom is -0.492 e. The first kappa shape index (κ1) is 16.9. The second-order valence-corrected chi connectivity index (χ2v) is 6.53. The van der Waals surface area contributed by atoms with Crippen molar-refractivity contribution in [3.05, 3.63) is 35.8 Å². The third kappa shape index (κ3) is 3.43. The van der Waals surface area contributed by atoms with Gasteiger partial charge in [0.1, 0.15) is 17.8 Å². The minimum absolute atomic E-state index is 0.00632. The van der Waals surface area contributed by atoms with Crippen LogP contribution >= 0.6 is 0 Å². The van der Waals surface area contributed by atoms with Gasteiger partial charge in [0.25, 0.3) is 0 Å². The Kier molecular flexibility index (Phi) is 5.14. The zero-order valence-corrected chi connectivity index (χ0v) is 13.8. The van der Waals surface area contributed by atoms with E-state index < -0.39 is 12.3 Å². The van der Waals surface area contributed by atoms with Gasteiger partial charge in [-0.1, -0.05) is 19.1 Å². The lowest BCUT2D eigenvalue weighted by Gasteiger charge is -2.32. The summed E-state index contributed by atoms with van der Waals surface area (Å²) in [4.78, 5) is 17.6. The van der Waals surface area contributed by atoms with Crippen LogP contribution in [0.5, 0.6) is 0 Å². The molecule has 6 heteroatoms. The fraction of sp³-hybridized carbons (Fsp3) is 0.556. The van der Waals surface area contributed by atoms with Crippen LogP contribution in [0.15, 0.2) is 40.8 Å². The zero-order valence-electron chi connectivity index (χ0n) is 13.8. The average Bonchev–Trinajstić information content (AvgIpc) is 3.00. The second kappa shape index (κ2) is 7.30. The Labute approximate surface area is 141 Å². The second-order valence-electron chi connectivity index (χ2n) is 6.53. The van der Waals surface area contributed by atoms with Gasteiger partial charge >= 0.3 is 0 Å². The van der Waals surface area contributed by atoms with Crippen LogP contribution in [0, 0.1) is 11.8 Å². The molecule has 4 atom stereocenters. The van der Waals surface area contributed by atoms with Crippen LogP contribution in [0.4, 0.5) is 4.39 Å². The SMILES string of the molecule is CC1C=CN=C(N2CC[C@H](F)C2)C1COC1=C(C=O)C(O)CC=C1. The van der Waals surface area contributed by atoms with Crippen molar-refractivity contribution in [2.75, 3.05) is 19.7 Å². The van der Waals surface area contributed by atoms with Crippen LogP contribution in [0.3, 0.4) is 0 Å². The Morgan fingerprint density at radius 2 is 2.38 bits per heavy atom. The number of halogens is 1. The fourth-order valence-corrected chi connectivity index (χ4v) is 3.33. The van der Waals surface area contributed by atoms with Gasteiger partial charge in [0.15, 0.2) is 6.29 Å². The van der Waals surface area contributed by atoms with Crippen LogP contribution in [0.1, 0.15) is 19.8 Å². The van der Waals surface area contributed by atoms with E-state index in [4.69, 9.17) is 4.74 Å². The maximum absolute atomic E-state index is 13.5. The molecule has 24 heavy (non-hydrogen) atoms. The van der Waals surface area contributed by atoms with Gasteiger partial charge in [-0.15, -0.1) is 0 Å². The molecule has 1 aliphatic carbocycles. The van der Waals surface area contributed by atoms with Gasteiger partial charge in [-0.05, 0) is 24.8 Å². The van der Waals surface area contributed by atoms with E-state index in [1.165, 1.54) is 0 Å². The van der Waals surface area contributed by atoms with Crippen molar-refractivity contribution in [2.24, 2.45) is 16.8 Å². The topological polar surface area (TPSA) is 62.1 Å². The van der Waals surface area contributed by atoms with Crippen molar-refractivity contribution in [2.45, 2.75) is 32.0 Å². The average molecular weight is 334 g/mol. The molecule has 0 spiro atoms. The molecule has 0 bridgehead atoms. The molecule has 0 aromatic rings. The molecule has 0 aromatic heterocycles. The Morgan fingerprint density at radius 3 is 3.08 bits per heavy atom. The summed E-state index contributed by atoms with van der Waals surface area (Å²) in [6.07, 6.45) is 7.26. The van der Waals surface area contributed by atoms with E-state index in [0.29, 0.717) is 44.6 Å². The number of aldehydes is 1. The number of hydrogen-bond acceptors (Lipinski definition) is 5. The highest BCUT2D eigenvalue weighted by Gasteiger charge is 2.33. The summed E-state index contributed by atoms with van der Waals surface area (Å²) >= 11 is 0. The predicted octanol–water partition coefficient (Wildman–Crippen LogP) is 2.00. The van der Waals surface area contributed by atoms with E-state index in [1.54, 1.807) is 18.4 Å². The van der Waals surface area contributed by atoms with Gasteiger partial charge in [-0.2, -0.15) is 0 Å². The quantitative estimate of drug-likeness (QED) is 0.799.